The van der Waals surface area contributed by atoms with E-state index in [1.807, 2.05) is 25.7 Å². The van der Waals surface area contributed by atoms with Crippen molar-refractivity contribution in [3.63, 3.8) is 0 Å². The maximum atomic E-state index is 10.5. The summed E-state index contributed by atoms with van der Waals surface area (Å²) in [5, 5.41) is 11.6. The van der Waals surface area contributed by atoms with Crippen molar-refractivity contribution in [3.05, 3.63) is 23.8 Å². The second-order valence-electron chi connectivity index (χ2n) is 5.64. The molecular formula is C16H21N3O. The van der Waals surface area contributed by atoms with E-state index in [4.69, 9.17) is 0 Å². The van der Waals surface area contributed by atoms with Gasteiger partial charge in [-0.1, -0.05) is 0 Å². The van der Waals surface area contributed by atoms with Crippen LogP contribution >= 0.6 is 0 Å². The second kappa shape index (κ2) is 4.85. The van der Waals surface area contributed by atoms with Crippen LogP contribution in [0.1, 0.15) is 24.8 Å². The molecule has 0 unspecified atom stereocenters. The van der Waals surface area contributed by atoms with Crippen LogP contribution in [0.3, 0.4) is 0 Å². The minimum absolute atomic E-state index is 0.330. The molecule has 3 rings (SSSR count). The molecule has 1 aromatic heterocycles. The van der Waals surface area contributed by atoms with E-state index in [9.17, 15) is 5.11 Å². The Morgan fingerprint density at radius 2 is 2.05 bits per heavy atom. The molecule has 0 spiro atoms. The molecule has 1 aromatic carbocycles. The van der Waals surface area contributed by atoms with Crippen LogP contribution in [0.2, 0.25) is 0 Å². The molecule has 2 heterocycles. The van der Waals surface area contributed by atoms with Gasteiger partial charge in [-0.15, -0.1) is 0 Å². The first-order chi connectivity index (χ1) is 9.59. The van der Waals surface area contributed by atoms with Crippen LogP contribution in [0, 0.1) is 0 Å². The lowest BCUT2D eigenvalue weighted by atomic mass is 10.0. The zero-order chi connectivity index (χ0) is 14.3. The minimum atomic E-state index is 0.330. The Kier molecular flexibility index (Phi) is 3.16. The van der Waals surface area contributed by atoms with E-state index < -0.39 is 0 Å². The molecule has 2 aromatic rings. The van der Waals surface area contributed by atoms with Crippen LogP contribution in [-0.4, -0.2) is 36.0 Å². The second-order valence-corrected chi connectivity index (χ2v) is 5.64. The molecule has 0 saturated carbocycles. The van der Waals surface area contributed by atoms with Gasteiger partial charge in [-0.05, 0) is 37.5 Å². The lowest BCUT2D eigenvalue weighted by Gasteiger charge is -2.14. The predicted molar refractivity (Wildman–Crippen MR) is 84.2 cm³/mol. The van der Waals surface area contributed by atoms with Crippen molar-refractivity contribution in [2.45, 2.75) is 19.3 Å². The van der Waals surface area contributed by atoms with Crippen LogP contribution in [0.4, 0.5) is 5.69 Å². The number of aromatic hydroxyl groups is 1. The Hall–Kier alpha value is -1.97. The number of anilines is 1. The molecule has 106 valence electrons. The quantitative estimate of drug-likeness (QED) is 0.912. The topological polar surface area (TPSA) is 40.8 Å². The predicted octanol–water partition coefficient (Wildman–Crippen LogP) is 2.92. The van der Waals surface area contributed by atoms with Gasteiger partial charge in [0.25, 0.3) is 0 Å². The highest BCUT2D eigenvalue weighted by Gasteiger charge is 2.20. The van der Waals surface area contributed by atoms with Gasteiger partial charge in [0, 0.05) is 44.5 Å². The number of nitrogens with zero attached hydrogens (tertiary/aromatic N) is 3. The summed E-state index contributed by atoms with van der Waals surface area (Å²) in [7, 11) is 5.96. The third-order valence-corrected chi connectivity index (χ3v) is 4.08. The fourth-order valence-corrected chi connectivity index (χ4v) is 2.88. The highest BCUT2D eigenvalue weighted by Crippen LogP contribution is 2.34. The van der Waals surface area contributed by atoms with Crippen LogP contribution in [0.25, 0.3) is 10.9 Å². The van der Waals surface area contributed by atoms with E-state index in [1.54, 1.807) is 0 Å². The lowest BCUT2D eigenvalue weighted by molar-refractivity contribution is 0.434. The molecule has 0 bridgehead atoms. The monoisotopic (exact) mass is 271 g/mol. The first kappa shape index (κ1) is 13.0. The average Bonchev–Trinajstić information content (AvgIpc) is 2.71. The van der Waals surface area contributed by atoms with E-state index in [0.29, 0.717) is 5.88 Å². The van der Waals surface area contributed by atoms with E-state index in [0.717, 1.165) is 53.7 Å². The smallest absolute Gasteiger partial charge is 0.201 e. The number of fused-ring (bicyclic) bond motifs is 1. The Labute approximate surface area is 119 Å². The Morgan fingerprint density at radius 1 is 1.25 bits per heavy atom. The third kappa shape index (κ3) is 1.96. The molecule has 0 amide bonds. The highest BCUT2D eigenvalue weighted by molar-refractivity contribution is 6.14. The summed E-state index contributed by atoms with van der Waals surface area (Å²) >= 11 is 0. The fraction of sp³-hybridized carbons (Fsp3) is 0.438. The molecule has 0 atom stereocenters. The van der Waals surface area contributed by atoms with Crippen molar-refractivity contribution >= 4 is 22.3 Å². The molecule has 0 fully saturated rings. The zero-order valence-corrected chi connectivity index (χ0v) is 12.3. The van der Waals surface area contributed by atoms with E-state index >= 15 is 0 Å². The zero-order valence-electron chi connectivity index (χ0n) is 12.3. The van der Waals surface area contributed by atoms with Gasteiger partial charge in [0.1, 0.15) is 0 Å². The molecule has 0 aliphatic carbocycles. The van der Waals surface area contributed by atoms with Gasteiger partial charge in [0.2, 0.25) is 5.88 Å². The van der Waals surface area contributed by atoms with Crippen molar-refractivity contribution < 1.29 is 5.11 Å². The summed E-state index contributed by atoms with van der Waals surface area (Å²) < 4.78 is 1.85. The molecule has 4 heteroatoms. The first-order valence-electron chi connectivity index (χ1n) is 7.12. The van der Waals surface area contributed by atoms with Gasteiger partial charge in [0.05, 0.1) is 11.1 Å². The number of hydrogen-bond acceptors (Lipinski definition) is 3. The van der Waals surface area contributed by atoms with Crippen LogP contribution in [0.15, 0.2) is 23.2 Å². The minimum Gasteiger partial charge on any atom is -0.494 e. The van der Waals surface area contributed by atoms with Gasteiger partial charge in [-0.3, -0.25) is 4.99 Å². The van der Waals surface area contributed by atoms with E-state index in [2.05, 4.69) is 28.1 Å². The van der Waals surface area contributed by atoms with Gasteiger partial charge in [-0.25, -0.2) is 0 Å². The normalized spacial score (nSPS) is 15.4. The third-order valence-electron chi connectivity index (χ3n) is 4.08. The average molecular weight is 271 g/mol. The fourth-order valence-electron chi connectivity index (χ4n) is 2.88. The van der Waals surface area contributed by atoms with Crippen LogP contribution in [0.5, 0.6) is 5.88 Å². The molecule has 4 nitrogen and oxygen atoms in total. The molecule has 0 saturated heterocycles. The molecule has 1 N–H and O–H groups in total. The van der Waals surface area contributed by atoms with Gasteiger partial charge < -0.3 is 14.6 Å². The number of benzene rings is 1. The van der Waals surface area contributed by atoms with Gasteiger partial charge >= 0.3 is 0 Å². The van der Waals surface area contributed by atoms with Crippen LogP contribution < -0.4 is 4.90 Å². The number of aliphatic imine (C=N–C) groups is 1. The van der Waals surface area contributed by atoms with Crippen molar-refractivity contribution in [1.29, 1.82) is 0 Å². The summed E-state index contributed by atoms with van der Waals surface area (Å²) in [6.07, 6.45) is 3.26. The largest absolute Gasteiger partial charge is 0.494 e. The maximum absolute atomic E-state index is 10.5. The van der Waals surface area contributed by atoms with Crippen molar-refractivity contribution in [1.82, 2.24) is 4.57 Å². The Balaban J connectivity index is 2.26. The molecule has 1 aliphatic heterocycles. The van der Waals surface area contributed by atoms with E-state index in [-0.39, 0.29) is 0 Å². The highest BCUT2D eigenvalue weighted by atomic mass is 16.3. The Morgan fingerprint density at radius 3 is 2.70 bits per heavy atom. The number of rotatable bonds is 2. The van der Waals surface area contributed by atoms with Crippen molar-refractivity contribution in [2.24, 2.45) is 12.0 Å². The van der Waals surface area contributed by atoms with Gasteiger partial charge in [-0.2, -0.15) is 0 Å². The number of hydrogen-bond donors (Lipinski definition) is 1. The van der Waals surface area contributed by atoms with E-state index in [1.165, 1.54) is 0 Å². The summed E-state index contributed by atoms with van der Waals surface area (Å²) in [6.45, 7) is 0.874. The summed E-state index contributed by atoms with van der Waals surface area (Å²) in [4.78, 5) is 6.71. The molecular weight excluding hydrogens is 250 g/mol. The molecule has 20 heavy (non-hydrogen) atoms. The standard InChI is InChI=1S/C16H21N3O/c1-18(2)11-7-8-14-12(10-11)15(16(20)19(14)3)13-6-4-5-9-17-13/h7-8,10,20H,4-6,9H2,1-3H3. The van der Waals surface area contributed by atoms with Crippen LogP contribution in [-0.2, 0) is 7.05 Å². The van der Waals surface area contributed by atoms with Gasteiger partial charge in [0.15, 0.2) is 0 Å². The SMILES string of the molecule is CN(C)c1ccc2c(c1)c(C1=NCCCC1)c(O)n2C. The Bertz CT molecular complexity index is 683. The molecule has 1 aliphatic rings. The number of aryl methyl sites for hydroxylation is 1. The number of aromatic nitrogens is 1. The lowest BCUT2D eigenvalue weighted by Crippen LogP contribution is -2.09. The summed E-state index contributed by atoms with van der Waals surface area (Å²) in [5.74, 6) is 0.330. The summed E-state index contributed by atoms with van der Waals surface area (Å²) in [6, 6.07) is 6.28. The first-order valence-corrected chi connectivity index (χ1v) is 7.12. The summed E-state index contributed by atoms with van der Waals surface area (Å²) in [5.41, 5.74) is 4.17. The molecule has 0 radical (unpaired) electrons. The van der Waals surface area contributed by atoms with Crippen molar-refractivity contribution in [3.8, 4) is 5.88 Å². The maximum Gasteiger partial charge on any atom is 0.201 e. The van der Waals surface area contributed by atoms with Crippen molar-refractivity contribution in [2.75, 3.05) is 25.5 Å².